The number of amides is 2. The van der Waals surface area contributed by atoms with Crippen LogP contribution in [0.3, 0.4) is 0 Å². The Kier molecular flexibility index (Phi) is 39.2. The van der Waals surface area contributed by atoms with Gasteiger partial charge in [-0.05, 0) is 73.0 Å². The zero-order valence-corrected chi connectivity index (χ0v) is 62.6. The first-order valence-corrected chi connectivity index (χ1v) is 34.1. The molecule has 2 N–H and O–H groups in total. The van der Waals surface area contributed by atoms with E-state index in [4.69, 9.17) is 75.8 Å². The second kappa shape index (κ2) is 45.2. The van der Waals surface area contributed by atoms with Crippen LogP contribution in [-0.4, -0.2) is 213 Å². The number of esters is 12. The number of rotatable bonds is 51. The van der Waals surface area contributed by atoms with Crippen molar-refractivity contribution < 1.29 is 143 Å². The molecule has 0 bridgehead atoms. The van der Waals surface area contributed by atoms with E-state index >= 15 is 0 Å². The van der Waals surface area contributed by atoms with Crippen molar-refractivity contribution in [3.8, 4) is 0 Å². The number of carbonyl (C=O) groups excluding carboxylic acids is 14. The Morgan fingerprint density at radius 1 is 0.315 bits per heavy atom. The number of ether oxygens (including phenoxy) is 16. The summed E-state index contributed by atoms with van der Waals surface area (Å²) in [6.07, 6.45) is 9.32. The molecule has 32 heteroatoms. The van der Waals surface area contributed by atoms with Gasteiger partial charge in [0.25, 0.3) is 0 Å². The Morgan fingerprint density at radius 3 is 0.870 bits per heavy atom. The summed E-state index contributed by atoms with van der Waals surface area (Å²) < 4.78 is 88.2. The average molecular weight is 1530 g/mol. The monoisotopic (exact) mass is 1520 g/mol. The van der Waals surface area contributed by atoms with E-state index in [9.17, 15) is 67.1 Å². The van der Waals surface area contributed by atoms with E-state index in [2.05, 4.69) is 76.4 Å². The summed E-state index contributed by atoms with van der Waals surface area (Å²) in [6.45, 7) is 35.5. The molecule has 0 radical (unpaired) electrons. The molecule has 0 saturated heterocycles. The lowest BCUT2D eigenvalue weighted by atomic mass is 9.61. The molecule has 0 heterocycles. The summed E-state index contributed by atoms with van der Waals surface area (Å²) in [5.74, 6) is -10.8. The molecule has 0 aromatic heterocycles. The zero-order valence-electron chi connectivity index (χ0n) is 62.6. The van der Waals surface area contributed by atoms with Gasteiger partial charge in [0.15, 0.2) is 0 Å². The van der Waals surface area contributed by atoms with Gasteiger partial charge < -0.3 is 86.4 Å². The molecule has 108 heavy (non-hydrogen) atoms. The fourth-order valence-electron chi connectivity index (χ4n) is 12.5. The van der Waals surface area contributed by atoms with Crippen LogP contribution in [0.2, 0.25) is 0 Å². The maximum Gasteiger partial charge on any atom is 0.408 e. The Morgan fingerprint density at radius 2 is 0.574 bits per heavy atom. The van der Waals surface area contributed by atoms with Gasteiger partial charge in [-0.3, -0.25) is 9.59 Å². The van der Waals surface area contributed by atoms with Crippen LogP contribution >= 0.6 is 0 Å². The van der Waals surface area contributed by atoms with E-state index in [-0.39, 0.29) is 38.9 Å². The van der Waals surface area contributed by atoms with Crippen LogP contribution in [-0.2, 0) is 133 Å². The second-order valence-corrected chi connectivity index (χ2v) is 28.5. The fraction of sp³-hybridized carbons (Fsp3) is 0.553. The van der Waals surface area contributed by atoms with E-state index < -0.39 is 232 Å². The molecule has 0 aromatic carbocycles. The summed E-state index contributed by atoms with van der Waals surface area (Å²) in [5.41, 5.74) is -9.71. The Balaban J connectivity index is 2.27. The number of carbonyl (C=O) groups is 14. The molecule has 2 fully saturated rings. The predicted molar refractivity (Wildman–Crippen MR) is 382 cm³/mol. The maximum absolute atomic E-state index is 14.2. The van der Waals surface area contributed by atoms with Gasteiger partial charge in [0, 0.05) is 85.7 Å². The molecule has 0 spiro atoms. The lowest BCUT2D eigenvalue weighted by molar-refractivity contribution is -0.197. The minimum atomic E-state index is -2.16. The predicted octanol–water partition coefficient (Wildman–Crippen LogP) is 7.03. The first-order chi connectivity index (χ1) is 50.7. The van der Waals surface area contributed by atoms with Gasteiger partial charge in [0.2, 0.25) is 11.2 Å². The quantitative estimate of drug-likeness (QED) is 0.0267. The molecule has 2 rings (SSSR count). The molecule has 2 aliphatic carbocycles. The third-order valence-electron chi connectivity index (χ3n) is 16.9. The van der Waals surface area contributed by atoms with E-state index in [1.165, 1.54) is 0 Å². The number of alkyl carbamates (subject to hydrolysis) is 2. The van der Waals surface area contributed by atoms with Crippen LogP contribution in [0.4, 0.5) is 9.59 Å². The van der Waals surface area contributed by atoms with Crippen molar-refractivity contribution in [1.82, 2.24) is 10.6 Å². The minimum absolute atomic E-state index is 0.0818. The lowest BCUT2D eigenvalue weighted by Gasteiger charge is -2.47. The first kappa shape index (κ1) is 93.6. The molecule has 4 unspecified atom stereocenters. The summed E-state index contributed by atoms with van der Waals surface area (Å²) in [7, 11) is 0. The summed E-state index contributed by atoms with van der Waals surface area (Å²) in [4.78, 5) is 179. The molecule has 598 valence electrons. The van der Waals surface area contributed by atoms with Gasteiger partial charge in [-0.25, -0.2) is 57.5 Å². The first-order valence-electron chi connectivity index (χ1n) is 34.1. The minimum Gasteiger partial charge on any atom is -0.462 e. The van der Waals surface area contributed by atoms with Gasteiger partial charge in [-0.2, -0.15) is 0 Å². The van der Waals surface area contributed by atoms with Gasteiger partial charge in [-0.1, -0.05) is 107 Å². The van der Waals surface area contributed by atoms with Crippen LogP contribution in [0.15, 0.2) is 127 Å². The highest BCUT2D eigenvalue weighted by atomic mass is 16.7. The molecular formula is C76H104N2O30. The molecule has 0 aliphatic heterocycles. The molecule has 32 nitrogen and oxygen atoms in total. The molecule has 4 atom stereocenters. The summed E-state index contributed by atoms with van der Waals surface area (Å²) in [6, 6.07) is -1.10. The highest BCUT2D eigenvalue weighted by Crippen LogP contribution is 2.50. The third kappa shape index (κ3) is 35.7. The van der Waals surface area contributed by atoms with Gasteiger partial charge in [0.1, 0.15) is 79.3 Å². The molecule has 2 amide bonds. The molecule has 2 aliphatic rings. The van der Waals surface area contributed by atoms with Crippen molar-refractivity contribution in [2.24, 2.45) is 32.5 Å². The molecular weight excluding hydrogens is 1420 g/mol. The Bertz CT molecular complexity index is 3120. The normalized spacial score (nSPS) is 17.8. The van der Waals surface area contributed by atoms with Crippen molar-refractivity contribution in [2.75, 3.05) is 106 Å². The third-order valence-corrected chi connectivity index (χ3v) is 16.9. The van der Waals surface area contributed by atoms with Crippen molar-refractivity contribution in [1.29, 1.82) is 0 Å². The van der Waals surface area contributed by atoms with Gasteiger partial charge in [0.05, 0.1) is 37.3 Å². The Labute approximate surface area is 628 Å². The van der Waals surface area contributed by atoms with Crippen molar-refractivity contribution in [3.05, 3.63) is 127 Å². The van der Waals surface area contributed by atoms with Crippen LogP contribution < -0.4 is 10.6 Å². The zero-order chi connectivity index (χ0) is 81.4. The highest BCUT2D eigenvalue weighted by Gasteiger charge is 2.48. The SMILES string of the molecule is C=CC(=O)OCC(COCC(COC(=O)C=C)(COC(=O)C=C)OC(=O)CCC1(C)CC(NC(=O)OCCOC(=O)CCC2(C)CC(NC(=O)OC(COCC(COC(=O)C=C)(COC(=O)C=C)COC(=O)C=C)(COC(=O)C=C)COC(=O)C=C)CC(C)(C)C2)CC(C)(C)C1)(COC(=O)C=C)COC(=O)C=C. The number of hydrogen-bond donors (Lipinski definition) is 2. The van der Waals surface area contributed by atoms with Crippen molar-refractivity contribution >= 4 is 83.8 Å². The second-order valence-electron chi connectivity index (χ2n) is 28.5. The largest absolute Gasteiger partial charge is 0.462 e. The van der Waals surface area contributed by atoms with E-state index in [0.717, 1.165) is 60.8 Å². The fourth-order valence-corrected chi connectivity index (χ4v) is 12.5. The maximum atomic E-state index is 14.2. The lowest BCUT2D eigenvalue weighted by Crippen LogP contribution is -2.54. The average Bonchev–Trinajstić information content (AvgIpc) is 0.802. The van der Waals surface area contributed by atoms with Crippen molar-refractivity contribution in [3.63, 3.8) is 0 Å². The van der Waals surface area contributed by atoms with Gasteiger partial charge >= 0.3 is 83.8 Å². The van der Waals surface area contributed by atoms with Crippen LogP contribution in [0.25, 0.3) is 0 Å². The van der Waals surface area contributed by atoms with Crippen LogP contribution in [0, 0.1) is 32.5 Å². The standard InChI is InChI=1S/C76H104N2O30/c1-17-55(79)97-41-73(42-98-56(80)18-2,43-99-57(81)19-3)39-93-47-75(49-103-61(85)23-7,50-104-62(86)24-8)107-66(90)28-30-72(16)35-53(33-69(11,12)38-72)77-67(91)96-32-31-95-65(89)27-29-71(15)36-54(34-70(13,14)37-71)78-68(92)108-76(51-105-63(87)25-9,52-106-64(88)26-10)48-94-40-74(44-100-58(82)20-4,45-101-59(83)21-5)46-102-60(84)22-6/h17-26,53-54H,1-10,27-52H2,11-16H3,(H,77,91)(H,78,92). The van der Waals surface area contributed by atoms with E-state index in [1.807, 2.05) is 41.5 Å². The smallest absolute Gasteiger partial charge is 0.408 e. The van der Waals surface area contributed by atoms with E-state index in [0.29, 0.717) is 38.5 Å². The number of nitrogens with one attached hydrogen (secondary N) is 2. The van der Waals surface area contributed by atoms with Crippen LogP contribution in [0.1, 0.15) is 106 Å². The highest BCUT2D eigenvalue weighted by molar-refractivity contribution is 5.85. The van der Waals surface area contributed by atoms with Crippen LogP contribution in [0.5, 0.6) is 0 Å². The summed E-state index contributed by atoms with van der Waals surface area (Å²) in [5, 5.41) is 5.75. The Hall–Kier alpha value is -10.5. The van der Waals surface area contributed by atoms with E-state index in [1.54, 1.807) is 0 Å². The topological polar surface area (TPSA) is 411 Å². The van der Waals surface area contributed by atoms with Crippen molar-refractivity contribution in [2.45, 2.75) is 129 Å². The number of hydrogen-bond acceptors (Lipinski definition) is 30. The summed E-state index contributed by atoms with van der Waals surface area (Å²) >= 11 is 0. The van der Waals surface area contributed by atoms with Gasteiger partial charge in [-0.15, -0.1) is 0 Å². The molecule has 0 aromatic rings. The molecule has 2 saturated carbocycles.